The maximum Gasteiger partial charge on any atom is 0.407 e. The Morgan fingerprint density at radius 3 is 2.78 bits per heavy atom. The van der Waals surface area contributed by atoms with Crippen molar-refractivity contribution in [2.75, 3.05) is 30.1 Å². The van der Waals surface area contributed by atoms with E-state index in [2.05, 4.69) is 31.1 Å². The number of carbonyl (C=O) groups excluding carboxylic acids is 2. The first kappa shape index (κ1) is 25.1. The molecule has 0 unspecified atom stereocenters. The largest absolute Gasteiger partial charge is 0.465 e. The van der Waals surface area contributed by atoms with E-state index in [4.69, 9.17) is 15.2 Å². The molecule has 4 rings (SSSR count). The van der Waals surface area contributed by atoms with E-state index in [1.54, 1.807) is 12.3 Å². The molecule has 1 saturated carbocycles. The fourth-order valence-corrected chi connectivity index (χ4v) is 4.37. The molecular formula is C25H33N7O4. The highest BCUT2D eigenvalue weighted by atomic mass is 16.5. The minimum Gasteiger partial charge on any atom is -0.465 e. The van der Waals surface area contributed by atoms with Crippen molar-refractivity contribution in [1.82, 2.24) is 20.5 Å². The lowest BCUT2D eigenvalue weighted by atomic mass is 9.90. The lowest BCUT2D eigenvalue weighted by molar-refractivity contribution is 0.0602. The number of carbonyl (C=O) groups is 2. The lowest BCUT2D eigenvalue weighted by Crippen LogP contribution is -2.48. The number of nitrogen functional groups attached to an aromatic ring is 1. The molecule has 1 aliphatic rings. The standard InChI is InChI=1S/C25H33N7O4/c1-3-4-11-36-25(34)30-19-8-6-5-7-18(19)29-21-13-17(26)22(24(33)35-2)23(31-21)28-16-10-9-15-14-27-32-20(15)12-16/h9-10,12-14,18-19H,3-8,11H2,1-2H3,(H,27,32)(H,30,34)(H4,26,28,29,31)/t18-,19+/m1/s1. The Balaban J connectivity index is 1.56. The van der Waals surface area contributed by atoms with Crippen LogP contribution >= 0.6 is 0 Å². The molecule has 1 aliphatic carbocycles. The highest BCUT2D eigenvalue weighted by Crippen LogP contribution is 2.30. The van der Waals surface area contributed by atoms with Crippen molar-refractivity contribution in [3.8, 4) is 0 Å². The van der Waals surface area contributed by atoms with Crippen molar-refractivity contribution in [2.45, 2.75) is 57.5 Å². The molecule has 1 amide bonds. The Bertz CT molecular complexity index is 1210. The predicted octanol–water partition coefficient (Wildman–Crippen LogP) is 4.32. The van der Waals surface area contributed by atoms with E-state index in [0.29, 0.717) is 18.1 Å². The zero-order valence-corrected chi connectivity index (χ0v) is 20.6. The number of aromatic amines is 1. The quantitative estimate of drug-likeness (QED) is 0.215. The van der Waals surface area contributed by atoms with Gasteiger partial charge in [-0.2, -0.15) is 5.10 Å². The molecule has 2 atom stereocenters. The Hall–Kier alpha value is -4.02. The maximum absolute atomic E-state index is 12.5. The van der Waals surface area contributed by atoms with Gasteiger partial charge in [0.05, 0.1) is 37.2 Å². The zero-order valence-electron chi connectivity index (χ0n) is 20.6. The summed E-state index contributed by atoms with van der Waals surface area (Å²) < 4.78 is 10.2. The Kier molecular flexibility index (Phi) is 8.09. The van der Waals surface area contributed by atoms with Gasteiger partial charge in [0, 0.05) is 23.2 Å². The summed E-state index contributed by atoms with van der Waals surface area (Å²) in [6.45, 7) is 2.45. The van der Waals surface area contributed by atoms with Gasteiger partial charge in [-0.3, -0.25) is 5.10 Å². The van der Waals surface area contributed by atoms with E-state index in [0.717, 1.165) is 49.4 Å². The summed E-state index contributed by atoms with van der Waals surface area (Å²) in [6.07, 6.45) is 6.82. The normalized spacial score (nSPS) is 17.4. The van der Waals surface area contributed by atoms with Crippen LogP contribution in [0.4, 0.5) is 27.8 Å². The van der Waals surface area contributed by atoms with Gasteiger partial charge in [-0.25, -0.2) is 14.6 Å². The van der Waals surface area contributed by atoms with Crippen LogP contribution in [0.2, 0.25) is 0 Å². The van der Waals surface area contributed by atoms with Crippen LogP contribution in [-0.4, -0.2) is 53.0 Å². The average molecular weight is 496 g/mol. The number of amides is 1. The van der Waals surface area contributed by atoms with Crippen LogP contribution < -0.4 is 21.7 Å². The fourth-order valence-electron chi connectivity index (χ4n) is 4.37. The van der Waals surface area contributed by atoms with Crippen molar-refractivity contribution < 1.29 is 19.1 Å². The second-order valence-corrected chi connectivity index (χ2v) is 8.88. The van der Waals surface area contributed by atoms with Crippen molar-refractivity contribution >= 4 is 46.0 Å². The van der Waals surface area contributed by atoms with Gasteiger partial charge in [-0.1, -0.05) is 26.2 Å². The third-order valence-electron chi connectivity index (χ3n) is 6.28. The number of fused-ring (bicyclic) bond motifs is 1. The summed E-state index contributed by atoms with van der Waals surface area (Å²) >= 11 is 0. The van der Waals surface area contributed by atoms with Crippen molar-refractivity contribution in [3.63, 3.8) is 0 Å². The van der Waals surface area contributed by atoms with Gasteiger partial charge < -0.3 is 31.2 Å². The van der Waals surface area contributed by atoms with Crippen LogP contribution in [0.1, 0.15) is 55.8 Å². The minimum absolute atomic E-state index is 0.0671. The minimum atomic E-state index is -0.594. The molecule has 1 fully saturated rings. The highest BCUT2D eigenvalue weighted by molar-refractivity contribution is 6.01. The monoisotopic (exact) mass is 495 g/mol. The van der Waals surface area contributed by atoms with Crippen LogP contribution in [-0.2, 0) is 9.47 Å². The van der Waals surface area contributed by atoms with Crippen LogP contribution in [0.3, 0.4) is 0 Å². The van der Waals surface area contributed by atoms with E-state index in [1.807, 2.05) is 25.1 Å². The molecule has 2 heterocycles. The summed E-state index contributed by atoms with van der Waals surface area (Å²) in [5.74, 6) is 0.162. The Morgan fingerprint density at radius 2 is 2.00 bits per heavy atom. The van der Waals surface area contributed by atoms with E-state index in [1.165, 1.54) is 7.11 Å². The van der Waals surface area contributed by atoms with Crippen molar-refractivity contribution in [3.05, 3.63) is 36.0 Å². The molecule has 0 spiro atoms. The number of benzene rings is 1. The number of nitrogens with one attached hydrogen (secondary N) is 4. The number of methoxy groups -OCH3 is 1. The Morgan fingerprint density at radius 1 is 1.19 bits per heavy atom. The molecule has 6 N–H and O–H groups in total. The number of anilines is 4. The number of unbranched alkanes of at least 4 members (excludes halogenated alkanes) is 1. The smallest absolute Gasteiger partial charge is 0.407 e. The van der Waals surface area contributed by atoms with Crippen LogP contribution in [0.15, 0.2) is 30.5 Å². The lowest BCUT2D eigenvalue weighted by Gasteiger charge is -2.33. The van der Waals surface area contributed by atoms with Crippen molar-refractivity contribution in [1.29, 1.82) is 0 Å². The molecule has 0 saturated heterocycles. The first-order valence-corrected chi connectivity index (χ1v) is 12.3. The molecule has 1 aromatic carbocycles. The Labute approximate surface area is 209 Å². The van der Waals surface area contributed by atoms with Gasteiger partial charge in [0.15, 0.2) is 0 Å². The first-order valence-electron chi connectivity index (χ1n) is 12.3. The topological polar surface area (TPSA) is 156 Å². The van der Waals surface area contributed by atoms with Gasteiger partial charge in [0.2, 0.25) is 0 Å². The number of esters is 1. The first-order chi connectivity index (χ1) is 17.5. The van der Waals surface area contributed by atoms with Gasteiger partial charge in [-0.05, 0) is 37.5 Å². The van der Waals surface area contributed by atoms with Crippen LogP contribution in [0.5, 0.6) is 0 Å². The number of hydrogen-bond donors (Lipinski definition) is 5. The molecule has 0 aliphatic heterocycles. The maximum atomic E-state index is 12.5. The third kappa shape index (κ3) is 5.96. The molecule has 3 aromatic rings. The number of alkyl carbamates (subject to hydrolysis) is 1. The number of pyridine rings is 1. The van der Waals surface area contributed by atoms with Gasteiger partial charge >= 0.3 is 12.1 Å². The number of H-pyrrole nitrogens is 1. The molecular weight excluding hydrogens is 462 g/mol. The summed E-state index contributed by atoms with van der Waals surface area (Å²) in [5, 5.41) is 17.5. The summed E-state index contributed by atoms with van der Waals surface area (Å²) in [5.41, 5.74) is 8.20. The van der Waals surface area contributed by atoms with E-state index in [-0.39, 0.29) is 29.2 Å². The van der Waals surface area contributed by atoms with Crippen molar-refractivity contribution in [2.24, 2.45) is 0 Å². The van der Waals surface area contributed by atoms with Crippen LogP contribution in [0, 0.1) is 0 Å². The summed E-state index contributed by atoms with van der Waals surface area (Å²) in [7, 11) is 1.30. The van der Waals surface area contributed by atoms with E-state index in [9.17, 15) is 9.59 Å². The van der Waals surface area contributed by atoms with Crippen LogP contribution in [0.25, 0.3) is 10.9 Å². The number of ether oxygens (including phenoxy) is 2. The summed E-state index contributed by atoms with van der Waals surface area (Å²) in [6, 6.07) is 7.07. The molecule has 192 valence electrons. The molecule has 0 radical (unpaired) electrons. The highest BCUT2D eigenvalue weighted by Gasteiger charge is 2.28. The van der Waals surface area contributed by atoms with E-state index >= 15 is 0 Å². The summed E-state index contributed by atoms with van der Waals surface area (Å²) in [4.78, 5) is 29.4. The number of rotatable bonds is 9. The molecule has 2 aromatic heterocycles. The SMILES string of the molecule is CCCCOC(=O)N[C@H]1CCCC[C@H]1Nc1cc(N)c(C(=O)OC)c(Nc2ccc3cn[nH]c3c2)n1. The number of nitrogens with zero attached hydrogens (tertiary/aromatic N) is 2. The zero-order chi connectivity index (χ0) is 25.5. The third-order valence-corrected chi connectivity index (χ3v) is 6.28. The molecule has 11 nitrogen and oxygen atoms in total. The van der Waals surface area contributed by atoms with Gasteiger partial charge in [-0.15, -0.1) is 0 Å². The number of aromatic nitrogens is 3. The fraction of sp³-hybridized carbons (Fsp3) is 0.440. The molecule has 36 heavy (non-hydrogen) atoms. The predicted molar refractivity (Wildman–Crippen MR) is 138 cm³/mol. The average Bonchev–Trinajstić information content (AvgIpc) is 3.33. The number of nitrogens with two attached hydrogens (primary N) is 1. The number of hydrogen-bond acceptors (Lipinski definition) is 9. The molecule has 11 heteroatoms. The second-order valence-electron chi connectivity index (χ2n) is 8.88. The second kappa shape index (κ2) is 11.6. The molecule has 0 bridgehead atoms. The van der Waals surface area contributed by atoms with E-state index < -0.39 is 12.1 Å². The van der Waals surface area contributed by atoms with Gasteiger partial charge in [0.25, 0.3) is 0 Å². The van der Waals surface area contributed by atoms with Gasteiger partial charge in [0.1, 0.15) is 17.2 Å².